The average molecular weight is 348 g/mol. The van der Waals surface area contributed by atoms with Gasteiger partial charge in [-0.05, 0) is 83.9 Å². The van der Waals surface area contributed by atoms with E-state index in [1.807, 2.05) is 7.11 Å². The molecule has 5 aliphatic rings. The molecule has 1 spiro atoms. The lowest BCUT2D eigenvalue weighted by atomic mass is 9.66. The van der Waals surface area contributed by atoms with Crippen molar-refractivity contribution >= 4 is 0 Å². The van der Waals surface area contributed by atoms with Crippen LogP contribution in [0.25, 0.3) is 0 Å². The molecule has 0 heterocycles. The number of ether oxygens (including phenoxy) is 1. The van der Waals surface area contributed by atoms with Crippen LogP contribution in [0.15, 0.2) is 0 Å². The van der Waals surface area contributed by atoms with E-state index in [-0.39, 0.29) is 0 Å². The standard InChI is InChI=1S/C21H37N3O/c1-10(2)8-20(4)11(3)6-14-19(24(22)23)21(14)9-15(21)12-7-13(12)16-17(20)18(16)25-5/h10-19H,6-9,22-23H2,1-5H3. The third-order valence-corrected chi connectivity index (χ3v) is 9.46. The smallest absolute Gasteiger partial charge is 0.0643 e. The van der Waals surface area contributed by atoms with Gasteiger partial charge in [0, 0.05) is 13.2 Å². The number of nitrogens with two attached hydrogens (primary N) is 2. The molecular formula is C21H37N3O. The number of hydrazine groups is 2. The topological polar surface area (TPSA) is 64.5 Å². The van der Waals surface area contributed by atoms with Crippen molar-refractivity contribution in [3.05, 3.63) is 0 Å². The van der Waals surface area contributed by atoms with Gasteiger partial charge in [-0.3, -0.25) is 11.7 Å². The van der Waals surface area contributed by atoms with E-state index in [4.69, 9.17) is 16.4 Å². The van der Waals surface area contributed by atoms with Crippen molar-refractivity contribution in [2.45, 2.75) is 65.5 Å². The fourth-order valence-electron chi connectivity index (χ4n) is 8.26. The monoisotopic (exact) mass is 347 g/mol. The zero-order chi connectivity index (χ0) is 17.9. The summed E-state index contributed by atoms with van der Waals surface area (Å²) in [7, 11) is 1.95. The van der Waals surface area contributed by atoms with Gasteiger partial charge in [0.2, 0.25) is 0 Å². The Bertz CT molecular complexity index is 579. The van der Waals surface area contributed by atoms with E-state index in [1.54, 1.807) is 5.12 Å². The van der Waals surface area contributed by atoms with E-state index < -0.39 is 0 Å². The van der Waals surface area contributed by atoms with E-state index in [2.05, 4.69) is 27.7 Å². The van der Waals surface area contributed by atoms with Crippen LogP contribution in [0, 0.1) is 58.2 Å². The molecule has 0 bridgehead atoms. The number of nitrogens with zero attached hydrogens (tertiary/aromatic N) is 1. The minimum atomic E-state index is 0.386. The van der Waals surface area contributed by atoms with Gasteiger partial charge >= 0.3 is 0 Å². The van der Waals surface area contributed by atoms with Crippen LogP contribution in [0.1, 0.15) is 53.4 Å². The summed E-state index contributed by atoms with van der Waals surface area (Å²) in [5, 5.41) is 1.57. The molecule has 4 nitrogen and oxygen atoms in total. The molecule has 0 saturated heterocycles. The van der Waals surface area contributed by atoms with E-state index in [1.165, 1.54) is 25.7 Å². The largest absolute Gasteiger partial charge is 0.381 e. The van der Waals surface area contributed by atoms with Crippen LogP contribution in [0.3, 0.4) is 0 Å². The van der Waals surface area contributed by atoms with E-state index in [9.17, 15) is 0 Å². The zero-order valence-electron chi connectivity index (χ0n) is 16.6. The highest BCUT2D eigenvalue weighted by atomic mass is 16.5. The fraction of sp³-hybridized carbons (Fsp3) is 1.00. The highest BCUT2D eigenvalue weighted by Crippen LogP contribution is 2.84. The number of methoxy groups -OCH3 is 1. The van der Waals surface area contributed by atoms with Gasteiger partial charge in [-0.1, -0.05) is 27.7 Å². The minimum Gasteiger partial charge on any atom is -0.381 e. The van der Waals surface area contributed by atoms with Gasteiger partial charge in [-0.25, -0.2) is 0 Å². The van der Waals surface area contributed by atoms with Crippen molar-refractivity contribution in [2.75, 3.05) is 7.11 Å². The first-order valence-electron chi connectivity index (χ1n) is 10.6. The van der Waals surface area contributed by atoms with Crippen molar-refractivity contribution < 1.29 is 4.74 Å². The highest BCUT2D eigenvalue weighted by Gasteiger charge is 2.84. The maximum absolute atomic E-state index is 6.07. The van der Waals surface area contributed by atoms with Gasteiger partial charge < -0.3 is 4.74 Å². The maximum Gasteiger partial charge on any atom is 0.0643 e. The predicted octanol–water partition coefficient (Wildman–Crippen LogP) is 3.03. The van der Waals surface area contributed by atoms with Gasteiger partial charge in [0.25, 0.3) is 0 Å². The molecule has 0 aromatic rings. The van der Waals surface area contributed by atoms with Crippen LogP contribution >= 0.6 is 0 Å². The molecule has 142 valence electrons. The lowest BCUT2D eigenvalue weighted by molar-refractivity contribution is 0.0674. The molecule has 0 aromatic heterocycles. The third kappa shape index (κ3) is 2.09. The minimum absolute atomic E-state index is 0.386. The first-order valence-corrected chi connectivity index (χ1v) is 10.6. The van der Waals surface area contributed by atoms with Gasteiger partial charge in [0.15, 0.2) is 0 Å². The Morgan fingerprint density at radius 1 is 1.16 bits per heavy atom. The molecule has 5 aliphatic carbocycles. The lowest BCUT2D eigenvalue weighted by Gasteiger charge is -2.39. The molecule has 4 N–H and O–H groups in total. The highest BCUT2D eigenvalue weighted by molar-refractivity contribution is 5.33. The van der Waals surface area contributed by atoms with Crippen molar-refractivity contribution in [3.8, 4) is 0 Å². The first-order chi connectivity index (χ1) is 11.8. The van der Waals surface area contributed by atoms with E-state index in [0.29, 0.717) is 28.9 Å². The van der Waals surface area contributed by atoms with Crippen LogP contribution < -0.4 is 11.7 Å². The quantitative estimate of drug-likeness (QED) is 0.606. The van der Waals surface area contributed by atoms with Crippen LogP contribution in [-0.2, 0) is 4.74 Å². The second-order valence-electron chi connectivity index (χ2n) is 11.0. The van der Waals surface area contributed by atoms with Gasteiger partial charge in [-0.2, -0.15) is 5.12 Å². The summed E-state index contributed by atoms with van der Waals surface area (Å²) >= 11 is 0. The fourth-order valence-corrected chi connectivity index (χ4v) is 8.26. The molecule has 5 saturated carbocycles. The number of hydrogen-bond acceptors (Lipinski definition) is 4. The van der Waals surface area contributed by atoms with Crippen molar-refractivity contribution in [1.29, 1.82) is 0 Å². The molecule has 11 unspecified atom stereocenters. The van der Waals surface area contributed by atoms with E-state index >= 15 is 0 Å². The molecule has 11 atom stereocenters. The van der Waals surface area contributed by atoms with Crippen LogP contribution in [0.4, 0.5) is 0 Å². The second-order valence-corrected chi connectivity index (χ2v) is 11.0. The summed E-state index contributed by atoms with van der Waals surface area (Å²) in [6, 6.07) is 0.442. The Morgan fingerprint density at radius 3 is 2.48 bits per heavy atom. The number of fused-ring (bicyclic) bond motifs is 4. The summed E-state index contributed by atoms with van der Waals surface area (Å²) < 4.78 is 6.02. The molecule has 0 aromatic carbocycles. The molecule has 0 aliphatic heterocycles. The summed E-state index contributed by atoms with van der Waals surface area (Å²) in [5.41, 5.74) is 0.872. The SMILES string of the molecule is COC1C2C3CC3C3CC34C(CC(C)C(C)(CC(C)C)C12)C4N(N)N. The molecule has 0 amide bonds. The summed E-state index contributed by atoms with van der Waals surface area (Å²) in [5.74, 6) is 18.7. The Kier molecular flexibility index (Phi) is 3.40. The molecule has 5 rings (SSSR count). The zero-order valence-corrected chi connectivity index (χ0v) is 16.6. The Hall–Kier alpha value is -0.160. The van der Waals surface area contributed by atoms with Crippen molar-refractivity contribution in [1.82, 2.24) is 5.12 Å². The Balaban J connectivity index is 1.48. The normalized spacial score (nSPS) is 61.1. The number of hydrogen-bond donors (Lipinski definition) is 2. The van der Waals surface area contributed by atoms with Gasteiger partial charge in [0.1, 0.15) is 0 Å². The Labute approximate surface area is 153 Å². The van der Waals surface area contributed by atoms with Crippen molar-refractivity contribution in [3.63, 3.8) is 0 Å². The van der Waals surface area contributed by atoms with Crippen LogP contribution in [-0.4, -0.2) is 24.4 Å². The molecule has 4 heteroatoms. The predicted molar refractivity (Wildman–Crippen MR) is 98.7 cm³/mol. The van der Waals surface area contributed by atoms with Gasteiger partial charge in [-0.15, -0.1) is 0 Å². The summed E-state index contributed by atoms with van der Waals surface area (Å²) in [4.78, 5) is 0. The molecule has 25 heavy (non-hydrogen) atoms. The van der Waals surface area contributed by atoms with Crippen molar-refractivity contribution in [2.24, 2.45) is 69.9 Å². The summed E-state index contributed by atoms with van der Waals surface area (Å²) in [6.07, 6.45) is 5.95. The Morgan fingerprint density at radius 2 is 1.88 bits per heavy atom. The maximum atomic E-state index is 6.07. The average Bonchev–Trinajstić information content (AvgIpc) is 3.36. The summed E-state index contributed by atoms with van der Waals surface area (Å²) in [6.45, 7) is 9.85. The van der Waals surface area contributed by atoms with E-state index in [0.717, 1.165) is 41.4 Å². The first kappa shape index (κ1) is 17.0. The van der Waals surface area contributed by atoms with Crippen LogP contribution in [0.2, 0.25) is 0 Å². The van der Waals surface area contributed by atoms with Gasteiger partial charge in [0.05, 0.1) is 6.10 Å². The molecule has 0 radical (unpaired) electrons. The lowest BCUT2D eigenvalue weighted by Crippen LogP contribution is -2.42. The number of rotatable bonds is 4. The third-order valence-electron chi connectivity index (χ3n) is 9.46. The molecular weight excluding hydrogens is 310 g/mol. The van der Waals surface area contributed by atoms with Crippen LogP contribution in [0.5, 0.6) is 0 Å². The second kappa shape index (κ2) is 5.01. The molecule has 5 fully saturated rings.